The van der Waals surface area contributed by atoms with Gasteiger partial charge in [-0.15, -0.1) is 0 Å². The van der Waals surface area contributed by atoms with Gasteiger partial charge in [-0.25, -0.2) is 4.39 Å². The van der Waals surface area contributed by atoms with Crippen LogP contribution in [0.5, 0.6) is 5.75 Å². The molecule has 0 unspecified atom stereocenters. The van der Waals surface area contributed by atoms with Gasteiger partial charge in [0.15, 0.2) is 5.78 Å². The molecule has 1 aromatic rings. The van der Waals surface area contributed by atoms with Gasteiger partial charge in [0.1, 0.15) is 19.0 Å². The Morgan fingerprint density at radius 1 is 1.50 bits per heavy atom. The third kappa shape index (κ3) is 2.55. The molecular weight excluding hydrogens is 183 g/mol. The number of ether oxygens (including phenoxy) is 1. The fourth-order valence-electron chi connectivity index (χ4n) is 1.19. The van der Waals surface area contributed by atoms with Crippen LogP contribution in [0.15, 0.2) is 18.2 Å². The monoisotopic (exact) mass is 196 g/mol. The number of carbonyl (C=O) groups is 1. The SMILES string of the molecule is CC(=O)c1cc(C)ccc1OCCF. The number of rotatable bonds is 4. The molecule has 1 aromatic carbocycles. The molecule has 2 nitrogen and oxygen atoms in total. The summed E-state index contributed by atoms with van der Waals surface area (Å²) in [4.78, 5) is 11.2. The van der Waals surface area contributed by atoms with Gasteiger partial charge < -0.3 is 4.74 Å². The molecule has 0 radical (unpaired) electrons. The summed E-state index contributed by atoms with van der Waals surface area (Å²) in [5, 5.41) is 0. The minimum absolute atomic E-state index is 0.0106. The normalized spacial score (nSPS) is 9.93. The van der Waals surface area contributed by atoms with Crippen molar-refractivity contribution in [2.45, 2.75) is 13.8 Å². The standard InChI is InChI=1S/C11H13FO2/c1-8-3-4-11(14-6-5-12)10(7-8)9(2)13/h3-4,7H,5-6H2,1-2H3. The topological polar surface area (TPSA) is 26.3 Å². The number of alkyl halides is 1. The molecule has 0 aliphatic rings. The molecule has 0 amide bonds. The lowest BCUT2D eigenvalue weighted by molar-refractivity contribution is 0.101. The molecule has 3 heteroatoms. The van der Waals surface area contributed by atoms with Gasteiger partial charge in [-0.05, 0) is 26.0 Å². The van der Waals surface area contributed by atoms with Crippen LogP contribution in [0.4, 0.5) is 4.39 Å². The average Bonchev–Trinajstić information content (AvgIpc) is 2.15. The Morgan fingerprint density at radius 3 is 2.79 bits per heavy atom. The van der Waals surface area contributed by atoms with Crippen molar-refractivity contribution >= 4 is 5.78 Å². The van der Waals surface area contributed by atoms with Gasteiger partial charge in [0.05, 0.1) is 5.56 Å². The van der Waals surface area contributed by atoms with Crippen molar-refractivity contribution in [1.82, 2.24) is 0 Å². The summed E-state index contributed by atoms with van der Waals surface area (Å²) >= 11 is 0. The minimum atomic E-state index is -0.550. The molecule has 14 heavy (non-hydrogen) atoms. The quantitative estimate of drug-likeness (QED) is 0.692. The second kappa shape index (κ2) is 4.74. The van der Waals surface area contributed by atoms with Gasteiger partial charge in [0, 0.05) is 0 Å². The second-order valence-electron chi connectivity index (χ2n) is 3.09. The maximum atomic E-state index is 11.9. The van der Waals surface area contributed by atoms with Crippen molar-refractivity contribution in [2.75, 3.05) is 13.3 Å². The number of Topliss-reactive ketones (excluding diaryl/α,β-unsaturated/α-hetero) is 1. The van der Waals surface area contributed by atoms with Gasteiger partial charge >= 0.3 is 0 Å². The summed E-state index contributed by atoms with van der Waals surface area (Å²) < 4.78 is 17.0. The first kappa shape index (κ1) is 10.7. The zero-order valence-corrected chi connectivity index (χ0v) is 8.34. The predicted molar refractivity (Wildman–Crippen MR) is 52.7 cm³/mol. The summed E-state index contributed by atoms with van der Waals surface area (Å²) in [5.41, 5.74) is 1.50. The van der Waals surface area contributed by atoms with Crippen LogP contribution in [0.3, 0.4) is 0 Å². The molecule has 0 saturated carbocycles. The third-order valence-electron chi connectivity index (χ3n) is 1.85. The third-order valence-corrected chi connectivity index (χ3v) is 1.85. The van der Waals surface area contributed by atoms with E-state index < -0.39 is 6.67 Å². The van der Waals surface area contributed by atoms with E-state index in [0.717, 1.165) is 5.56 Å². The maximum Gasteiger partial charge on any atom is 0.163 e. The second-order valence-corrected chi connectivity index (χ2v) is 3.09. The van der Waals surface area contributed by atoms with Crippen LogP contribution < -0.4 is 4.74 Å². The molecule has 0 N–H and O–H groups in total. The van der Waals surface area contributed by atoms with Gasteiger partial charge in [-0.3, -0.25) is 4.79 Å². The number of aryl methyl sites for hydroxylation is 1. The van der Waals surface area contributed by atoms with Crippen LogP contribution in [0.25, 0.3) is 0 Å². The highest BCUT2D eigenvalue weighted by Crippen LogP contribution is 2.20. The molecule has 0 bridgehead atoms. The molecule has 0 saturated heterocycles. The van der Waals surface area contributed by atoms with Crippen molar-refractivity contribution in [2.24, 2.45) is 0 Å². The van der Waals surface area contributed by atoms with Crippen molar-refractivity contribution < 1.29 is 13.9 Å². The van der Waals surface area contributed by atoms with E-state index >= 15 is 0 Å². The van der Waals surface area contributed by atoms with Gasteiger partial charge in [0.25, 0.3) is 0 Å². The molecule has 0 aromatic heterocycles. The zero-order valence-electron chi connectivity index (χ0n) is 8.34. The molecule has 0 heterocycles. The molecule has 1 rings (SSSR count). The van der Waals surface area contributed by atoms with Crippen LogP contribution in [-0.4, -0.2) is 19.1 Å². The fourth-order valence-corrected chi connectivity index (χ4v) is 1.19. The molecule has 0 atom stereocenters. The first-order chi connectivity index (χ1) is 6.65. The number of hydrogen-bond acceptors (Lipinski definition) is 2. The zero-order chi connectivity index (χ0) is 10.6. The van der Waals surface area contributed by atoms with Crippen molar-refractivity contribution in [3.8, 4) is 5.75 Å². The van der Waals surface area contributed by atoms with Crippen molar-refractivity contribution in [3.63, 3.8) is 0 Å². The first-order valence-corrected chi connectivity index (χ1v) is 4.45. The van der Waals surface area contributed by atoms with E-state index in [2.05, 4.69) is 0 Å². The van der Waals surface area contributed by atoms with Crippen molar-refractivity contribution in [3.05, 3.63) is 29.3 Å². The van der Waals surface area contributed by atoms with Crippen molar-refractivity contribution in [1.29, 1.82) is 0 Å². The van der Waals surface area contributed by atoms with E-state index in [1.807, 2.05) is 13.0 Å². The van der Waals surface area contributed by atoms with E-state index in [4.69, 9.17) is 4.74 Å². The number of halogens is 1. The molecule has 0 aliphatic carbocycles. The molecule has 0 fully saturated rings. The summed E-state index contributed by atoms with van der Waals surface area (Å²) in [5.74, 6) is 0.392. The van der Waals surface area contributed by atoms with Crippen LogP contribution >= 0.6 is 0 Å². The molecule has 76 valence electrons. The summed E-state index contributed by atoms with van der Waals surface area (Å²) in [6.07, 6.45) is 0. The van der Waals surface area contributed by atoms with E-state index in [9.17, 15) is 9.18 Å². The number of hydrogen-bond donors (Lipinski definition) is 0. The fraction of sp³-hybridized carbons (Fsp3) is 0.364. The Balaban J connectivity index is 2.96. The highest BCUT2D eigenvalue weighted by atomic mass is 19.1. The predicted octanol–water partition coefficient (Wildman–Crippen LogP) is 2.55. The Labute approximate surface area is 82.7 Å². The van der Waals surface area contributed by atoms with E-state index in [-0.39, 0.29) is 12.4 Å². The highest BCUT2D eigenvalue weighted by molar-refractivity contribution is 5.97. The minimum Gasteiger partial charge on any atom is -0.490 e. The maximum absolute atomic E-state index is 11.9. The average molecular weight is 196 g/mol. The number of benzene rings is 1. The highest BCUT2D eigenvalue weighted by Gasteiger charge is 2.08. The van der Waals surface area contributed by atoms with Gasteiger partial charge in [0.2, 0.25) is 0 Å². The Kier molecular flexibility index (Phi) is 3.63. The van der Waals surface area contributed by atoms with Crippen LogP contribution in [-0.2, 0) is 0 Å². The van der Waals surface area contributed by atoms with Crippen LogP contribution in [0.2, 0.25) is 0 Å². The van der Waals surface area contributed by atoms with Gasteiger partial charge in [-0.2, -0.15) is 0 Å². The number of ketones is 1. The van der Waals surface area contributed by atoms with E-state index in [1.54, 1.807) is 12.1 Å². The molecule has 0 spiro atoms. The lowest BCUT2D eigenvalue weighted by atomic mass is 10.1. The van der Waals surface area contributed by atoms with E-state index in [0.29, 0.717) is 11.3 Å². The summed E-state index contributed by atoms with van der Waals surface area (Å²) in [6, 6.07) is 5.28. The Bertz CT molecular complexity index is 334. The molecule has 0 aliphatic heterocycles. The largest absolute Gasteiger partial charge is 0.490 e. The smallest absolute Gasteiger partial charge is 0.163 e. The van der Waals surface area contributed by atoms with Gasteiger partial charge in [-0.1, -0.05) is 11.6 Å². The Morgan fingerprint density at radius 2 is 2.21 bits per heavy atom. The van der Waals surface area contributed by atoms with Crippen LogP contribution in [0, 0.1) is 6.92 Å². The first-order valence-electron chi connectivity index (χ1n) is 4.45. The van der Waals surface area contributed by atoms with Crippen LogP contribution in [0.1, 0.15) is 22.8 Å². The summed E-state index contributed by atoms with van der Waals surface area (Å²) in [7, 11) is 0. The van der Waals surface area contributed by atoms with E-state index in [1.165, 1.54) is 6.92 Å². The summed E-state index contributed by atoms with van der Waals surface area (Å²) in [6.45, 7) is 2.80. The molecular formula is C11H13FO2. The Hall–Kier alpha value is -1.38. The lowest BCUT2D eigenvalue weighted by Crippen LogP contribution is -2.04. The number of carbonyl (C=O) groups excluding carboxylic acids is 1. The lowest BCUT2D eigenvalue weighted by Gasteiger charge is -2.08.